The zero-order chi connectivity index (χ0) is 11.5. The minimum Gasteiger partial charge on any atom is -0.460 e. The standard InChI is InChI=1S/C13H17NO2/c1-9-7-12(16-13(9)15)11(14)8-10-5-3-2-4-6-10/h2-6,9,11-12H,7-8,14H2,1H3/t9-,11+,12-/m1/s1. The summed E-state index contributed by atoms with van der Waals surface area (Å²) in [5, 5.41) is 0. The summed E-state index contributed by atoms with van der Waals surface area (Å²) >= 11 is 0. The van der Waals surface area contributed by atoms with E-state index in [0.29, 0.717) is 0 Å². The Kier molecular flexibility index (Phi) is 3.25. The van der Waals surface area contributed by atoms with E-state index < -0.39 is 0 Å². The molecule has 0 saturated carbocycles. The normalized spacial score (nSPS) is 26.5. The van der Waals surface area contributed by atoms with Crippen molar-refractivity contribution in [3.05, 3.63) is 35.9 Å². The van der Waals surface area contributed by atoms with Crippen LogP contribution in [0.3, 0.4) is 0 Å². The fourth-order valence-electron chi connectivity index (χ4n) is 2.04. The van der Waals surface area contributed by atoms with Crippen LogP contribution in [0.1, 0.15) is 18.9 Å². The molecule has 1 aromatic carbocycles. The van der Waals surface area contributed by atoms with Gasteiger partial charge in [0.05, 0.1) is 5.92 Å². The second kappa shape index (κ2) is 4.66. The largest absolute Gasteiger partial charge is 0.460 e. The minimum atomic E-state index is -0.122. The van der Waals surface area contributed by atoms with Crippen molar-refractivity contribution in [3.63, 3.8) is 0 Å². The van der Waals surface area contributed by atoms with Crippen molar-refractivity contribution < 1.29 is 9.53 Å². The van der Waals surface area contributed by atoms with Gasteiger partial charge in [0.2, 0.25) is 0 Å². The van der Waals surface area contributed by atoms with Crippen LogP contribution in [0.5, 0.6) is 0 Å². The van der Waals surface area contributed by atoms with E-state index in [9.17, 15) is 4.79 Å². The van der Waals surface area contributed by atoms with Gasteiger partial charge in [-0.3, -0.25) is 4.79 Å². The van der Waals surface area contributed by atoms with E-state index in [1.807, 2.05) is 37.3 Å². The summed E-state index contributed by atoms with van der Waals surface area (Å²) in [6.45, 7) is 1.89. The number of benzene rings is 1. The van der Waals surface area contributed by atoms with Crippen LogP contribution in [0.4, 0.5) is 0 Å². The molecule has 0 amide bonds. The van der Waals surface area contributed by atoms with Crippen LogP contribution in [0.15, 0.2) is 30.3 Å². The molecule has 1 aromatic rings. The highest BCUT2D eigenvalue weighted by Gasteiger charge is 2.34. The monoisotopic (exact) mass is 219 g/mol. The Morgan fingerprint density at radius 3 is 2.69 bits per heavy atom. The molecule has 0 spiro atoms. The van der Waals surface area contributed by atoms with Crippen LogP contribution < -0.4 is 5.73 Å². The maximum absolute atomic E-state index is 11.3. The molecule has 86 valence electrons. The number of hydrogen-bond donors (Lipinski definition) is 1. The van der Waals surface area contributed by atoms with Crippen LogP contribution in [-0.4, -0.2) is 18.1 Å². The molecule has 1 saturated heterocycles. The molecule has 3 heteroatoms. The van der Waals surface area contributed by atoms with Crippen LogP contribution in [-0.2, 0) is 16.0 Å². The van der Waals surface area contributed by atoms with Gasteiger partial charge in [0.25, 0.3) is 0 Å². The molecule has 2 N–H and O–H groups in total. The molecular formula is C13H17NO2. The Balaban J connectivity index is 1.94. The van der Waals surface area contributed by atoms with E-state index in [1.165, 1.54) is 5.56 Å². The van der Waals surface area contributed by atoms with Gasteiger partial charge in [-0.05, 0) is 18.4 Å². The topological polar surface area (TPSA) is 52.3 Å². The average Bonchev–Trinajstić information content (AvgIpc) is 2.61. The first-order chi connectivity index (χ1) is 7.66. The van der Waals surface area contributed by atoms with Crippen LogP contribution >= 0.6 is 0 Å². The number of nitrogens with two attached hydrogens (primary N) is 1. The molecular weight excluding hydrogens is 202 g/mol. The maximum Gasteiger partial charge on any atom is 0.309 e. The highest BCUT2D eigenvalue weighted by Crippen LogP contribution is 2.23. The van der Waals surface area contributed by atoms with Gasteiger partial charge < -0.3 is 10.5 Å². The second-order valence-electron chi connectivity index (χ2n) is 4.47. The quantitative estimate of drug-likeness (QED) is 0.784. The summed E-state index contributed by atoms with van der Waals surface area (Å²) in [7, 11) is 0. The van der Waals surface area contributed by atoms with E-state index in [1.54, 1.807) is 0 Å². The van der Waals surface area contributed by atoms with Crippen LogP contribution in [0.25, 0.3) is 0 Å². The lowest BCUT2D eigenvalue weighted by atomic mass is 9.97. The van der Waals surface area contributed by atoms with E-state index in [2.05, 4.69) is 0 Å². The first-order valence-corrected chi connectivity index (χ1v) is 5.67. The molecule has 16 heavy (non-hydrogen) atoms. The predicted molar refractivity (Wildman–Crippen MR) is 61.8 cm³/mol. The van der Waals surface area contributed by atoms with Crippen molar-refractivity contribution in [1.82, 2.24) is 0 Å². The summed E-state index contributed by atoms with van der Waals surface area (Å²) in [4.78, 5) is 11.3. The lowest BCUT2D eigenvalue weighted by Crippen LogP contribution is -2.36. The SMILES string of the molecule is C[C@@H]1C[C@H]([C@@H](N)Cc2ccccc2)OC1=O. The van der Waals surface area contributed by atoms with Crippen LogP contribution in [0, 0.1) is 5.92 Å². The summed E-state index contributed by atoms with van der Waals surface area (Å²) < 4.78 is 5.24. The van der Waals surface area contributed by atoms with Gasteiger partial charge in [-0.15, -0.1) is 0 Å². The molecule has 3 nitrogen and oxygen atoms in total. The third-order valence-corrected chi connectivity index (χ3v) is 3.05. The Labute approximate surface area is 95.6 Å². The Bertz CT molecular complexity index is 363. The number of rotatable bonds is 3. The lowest BCUT2D eigenvalue weighted by molar-refractivity contribution is -0.144. The molecule has 3 atom stereocenters. The number of esters is 1. The Morgan fingerprint density at radius 2 is 2.12 bits per heavy atom. The minimum absolute atomic E-state index is 0.00757. The predicted octanol–water partition coefficient (Wildman–Crippen LogP) is 1.51. The molecule has 2 rings (SSSR count). The van der Waals surface area contributed by atoms with Gasteiger partial charge in [-0.1, -0.05) is 37.3 Å². The van der Waals surface area contributed by atoms with Crippen LogP contribution in [0.2, 0.25) is 0 Å². The van der Waals surface area contributed by atoms with Crippen molar-refractivity contribution in [1.29, 1.82) is 0 Å². The van der Waals surface area contributed by atoms with Gasteiger partial charge >= 0.3 is 5.97 Å². The summed E-state index contributed by atoms with van der Waals surface area (Å²) in [5.74, 6) is -0.125. The molecule has 1 heterocycles. The molecule has 1 aliphatic heterocycles. The van der Waals surface area contributed by atoms with E-state index in [-0.39, 0.29) is 24.0 Å². The smallest absolute Gasteiger partial charge is 0.309 e. The summed E-state index contributed by atoms with van der Waals surface area (Å²) in [5.41, 5.74) is 7.24. The Morgan fingerprint density at radius 1 is 1.44 bits per heavy atom. The number of cyclic esters (lactones) is 1. The average molecular weight is 219 g/mol. The van der Waals surface area contributed by atoms with E-state index in [4.69, 9.17) is 10.5 Å². The van der Waals surface area contributed by atoms with Gasteiger partial charge in [0.15, 0.2) is 0 Å². The number of carbonyl (C=O) groups excluding carboxylic acids is 1. The van der Waals surface area contributed by atoms with Crippen molar-refractivity contribution in [2.75, 3.05) is 0 Å². The van der Waals surface area contributed by atoms with Gasteiger partial charge in [0.1, 0.15) is 6.10 Å². The highest BCUT2D eigenvalue weighted by atomic mass is 16.6. The highest BCUT2D eigenvalue weighted by molar-refractivity contribution is 5.74. The van der Waals surface area contributed by atoms with Crippen molar-refractivity contribution in [2.24, 2.45) is 11.7 Å². The fraction of sp³-hybridized carbons (Fsp3) is 0.462. The lowest BCUT2D eigenvalue weighted by Gasteiger charge is -2.17. The van der Waals surface area contributed by atoms with Gasteiger partial charge in [-0.2, -0.15) is 0 Å². The third-order valence-electron chi connectivity index (χ3n) is 3.05. The number of ether oxygens (including phenoxy) is 1. The van der Waals surface area contributed by atoms with Gasteiger partial charge in [-0.25, -0.2) is 0 Å². The van der Waals surface area contributed by atoms with Crippen molar-refractivity contribution in [3.8, 4) is 0 Å². The molecule has 0 radical (unpaired) electrons. The number of carbonyl (C=O) groups is 1. The maximum atomic E-state index is 11.3. The first-order valence-electron chi connectivity index (χ1n) is 5.67. The van der Waals surface area contributed by atoms with Gasteiger partial charge in [0, 0.05) is 6.04 Å². The second-order valence-corrected chi connectivity index (χ2v) is 4.47. The Hall–Kier alpha value is -1.35. The zero-order valence-corrected chi connectivity index (χ0v) is 9.43. The molecule has 0 aromatic heterocycles. The molecule has 0 aliphatic carbocycles. The third kappa shape index (κ3) is 2.42. The summed E-state index contributed by atoms with van der Waals surface area (Å²) in [6.07, 6.45) is 1.38. The van der Waals surface area contributed by atoms with Crippen molar-refractivity contribution >= 4 is 5.97 Å². The zero-order valence-electron chi connectivity index (χ0n) is 9.43. The summed E-state index contributed by atoms with van der Waals surface area (Å²) in [6, 6.07) is 9.94. The molecule has 1 fully saturated rings. The molecule has 0 unspecified atom stereocenters. The first kappa shape index (κ1) is 11.1. The molecule has 1 aliphatic rings. The van der Waals surface area contributed by atoms with E-state index >= 15 is 0 Å². The van der Waals surface area contributed by atoms with Crippen molar-refractivity contribution in [2.45, 2.75) is 31.9 Å². The molecule has 0 bridgehead atoms. The van der Waals surface area contributed by atoms with E-state index in [0.717, 1.165) is 12.8 Å². The number of hydrogen-bond acceptors (Lipinski definition) is 3. The fourth-order valence-corrected chi connectivity index (χ4v) is 2.04.